The first kappa shape index (κ1) is 17.9. The Morgan fingerprint density at radius 1 is 1.36 bits per heavy atom. The lowest BCUT2D eigenvalue weighted by molar-refractivity contribution is -0.113. The van der Waals surface area contributed by atoms with Crippen molar-refractivity contribution in [3.05, 3.63) is 58.3 Å². The number of nitrogens with one attached hydrogen (secondary N) is 1. The lowest BCUT2D eigenvalue weighted by Gasteiger charge is -2.07. The van der Waals surface area contributed by atoms with Gasteiger partial charge in [0.2, 0.25) is 5.91 Å². The zero-order valence-electron chi connectivity index (χ0n) is 13.1. The quantitative estimate of drug-likeness (QED) is 0.601. The largest absolute Gasteiger partial charge is 0.390 e. The molecule has 25 heavy (non-hydrogen) atoms. The summed E-state index contributed by atoms with van der Waals surface area (Å²) in [4.78, 5) is 20.4. The number of carbonyl (C=O) groups is 1. The Hall–Kier alpha value is -1.87. The summed E-state index contributed by atoms with van der Waals surface area (Å²) < 4.78 is 1.91. The van der Waals surface area contributed by atoms with Crippen LogP contribution in [0.1, 0.15) is 11.3 Å². The first-order valence-corrected chi connectivity index (χ1v) is 9.62. The van der Waals surface area contributed by atoms with Crippen molar-refractivity contribution >= 4 is 45.7 Å². The molecule has 130 valence electrons. The molecule has 2 heterocycles. The average molecular weight is 395 g/mol. The second-order valence-corrected chi connectivity index (χ2v) is 7.37. The summed E-state index contributed by atoms with van der Waals surface area (Å²) in [5.41, 5.74) is 1.62. The van der Waals surface area contributed by atoms with Gasteiger partial charge in [0, 0.05) is 29.3 Å². The topological polar surface area (TPSA) is 80.0 Å². The summed E-state index contributed by atoms with van der Waals surface area (Å²) in [5, 5.41) is 15.8. The van der Waals surface area contributed by atoms with Crippen LogP contribution in [0.2, 0.25) is 5.02 Å². The molecular formula is C16H15ClN4O2S2. The van der Waals surface area contributed by atoms with E-state index in [-0.39, 0.29) is 18.3 Å². The number of anilines is 1. The van der Waals surface area contributed by atoms with Gasteiger partial charge in [-0.15, -0.1) is 11.3 Å². The third-order valence-corrected chi connectivity index (χ3v) is 5.16. The standard InChI is InChI=1S/C16H15ClN4O2S2/c17-12-3-1-11(2-4-12)7-21-8-13(9-22)19-16(21)25-10-14(23)20-15-18-5-6-24-15/h1-6,8,22H,7,9-10H2,(H,18,20,23). The fraction of sp³-hybridized carbons (Fsp3) is 0.188. The van der Waals surface area contributed by atoms with Crippen molar-refractivity contribution in [1.82, 2.24) is 14.5 Å². The van der Waals surface area contributed by atoms with Crippen LogP contribution in [0.25, 0.3) is 0 Å². The van der Waals surface area contributed by atoms with Crippen molar-refractivity contribution in [2.75, 3.05) is 11.1 Å². The summed E-state index contributed by atoms with van der Waals surface area (Å²) in [6, 6.07) is 7.53. The number of carbonyl (C=O) groups excluding carboxylic acids is 1. The number of aliphatic hydroxyl groups is 1. The highest BCUT2D eigenvalue weighted by Crippen LogP contribution is 2.21. The zero-order valence-corrected chi connectivity index (χ0v) is 15.4. The molecule has 9 heteroatoms. The van der Waals surface area contributed by atoms with E-state index in [9.17, 15) is 9.90 Å². The molecule has 0 aliphatic carbocycles. The molecule has 0 radical (unpaired) electrons. The molecule has 0 aliphatic rings. The first-order valence-electron chi connectivity index (χ1n) is 7.37. The van der Waals surface area contributed by atoms with E-state index >= 15 is 0 Å². The van der Waals surface area contributed by atoms with E-state index in [2.05, 4.69) is 15.3 Å². The van der Waals surface area contributed by atoms with Crippen LogP contribution in [0.15, 0.2) is 47.2 Å². The number of nitrogens with zero attached hydrogens (tertiary/aromatic N) is 3. The number of rotatable bonds is 7. The second kappa shape index (κ2) is 8.48. The zero-order chi connectivity index (χ0) is 17.6. The van der Waals surface area contributed by atoms with Crippen LogP contribution < -0.4 is 5.32 Å². The average Bonchev–Trinajstić information content (AvgIpc) is 3.25. The van der Waals surface area contributed by atoms with Crippen LogP contribution in [0.4, 0.5) is 5.13 Å². The van der Waals surface area contributed by atoms with Crippen molar-refractivity contribution in [3.63, 3.8) is 0 Å². The van der Waals surface area contributed by atoms with E-state index in [1.807, 2.05) is 28.8 Å². The van der Waals surface area contributed by atoms with Gasteiger partial charge in [0.05, 0.1) is 18.1 Å². The number of thioether (sulfide) groups is 1. The molecule has 1 amide bonds. The Bertz CT molecular complexity index is 834. The molecule has 0 aliphatic heterocycles. The molecule has 0 saturated heterocycles. The van der Waals surface area contributed by atoms with Gasteiger partial charge < -0.3 is 15.0 Å². The summed E-state index contributed by atoms with van der Waals surface area (Å²) in [7, 11) is 0. The maximum absolute atomic E-state index is 12.0. The fourth-order valence-corrected chi connectivity index (χ4v) is 3.58. The van der Waals surface area contributed by atoms with Crippen LogP contribution >= 0.6 is 34.7 Å². The van der Waals surface area contributed by atoms with Gasteiger partial charge in [0.15, 0.2) is 10.3 Å². The number of imidazole rings is 1. The lowest BCUT2D eigenvalue weighted by atomic mass is 10.2. The van der Waals surface area contributed by atoms with Gasteiger partial charge in [-0.25, -0.2) is 9.97 Å². The van der Waals surface area contributed by atoms with E-state index in [0.29, 0.717) is 27.5 Å². The normalized spacial score (nSPS) is 10.8. The third kappa shape index (κ3) is 5.05. The third-order valence-electron chi connectivity index (χ3n) is 3.23. The molecule has 0 spiro atoms. The molecule has 1 aromatic carbocycles. The van der Waals surface area contributed by atoms with Gasteiger partial charge in [-0.1, -0.05) is 35.5 Å². The van der Waals surface area contributed by atoms with Crippen molar-refractivity contribution in [2.24, 2.45) is 0 Å². The van der Waals surface area contributed by atoms with Gasteiger partial charge in [0.1, 0.15) is 0 Å². The highest BCUT2D eigenvalue weighted by Gasteiger charge is 2.12. The van der Waals surface area contributed by atoms with Gasteiger partial charge in [-0.05, 0) is 17.7 Å². The van der Waals surface area contributed by atoms with Crippen LogP contribution in [0.3, 0.4) is 0 Å². The van der Waals surface area contributed by atoms with Crippen LogP contribution in [-0.2, 0) is 17.9 Å². The molecule has 2 N–H and O–H groups in total. The van der Waals surface area contributed by atoms with Crippen molar-refractivity contribution in [3.8, 4) is 0 Å². The Morgan fingerprint density at radius 2 is 2.16 bits per heavy atom. The SMILES string of the molecule is O=C(CSc1nc(CO)cn1Cc1ccc(Cl)cc1)Nc1nccs1. The van der Waals surface area contributed by atoms with E-state index in [1.165, 1.54) is 23.1 Å². The molecule has 0 bridgehead atoms. The lowest BCUT2D eigenvalue weighted by Crippen LogP contribution is -2.14. The van der Waals surface area contributed by atoms with Crippen molar-refractivity contribution in [1.29, 1.82) is 0 Å². The first-order chi connectivity index (χ1) is 12.1. The maximum Gasteiger partial charge on any atom is 0.236 e. The number of aliphatic hydroxyl groups excluding tert-OH is 1. The Kier molecular flexibility index (Phi) is 6.09. The number of halogens is 1. The molecule has 0 unspecified atom stereocenters. The monoisotopic (exact) mass is 394 g/mol. The minimum atomic E-state index is -0.147. The molecule has 2 aromatic heterocycles. The van der Waals surface area contributed by atoms with Gasteiger partial charge in [0.25, 0.3) is 0 Å². The van der Waals surface area contributed by atoms with Crippen LogP contribution in [0, 0.1) is 0 Å². The summed E-state index contributed by atoms with van der Waals surface area (Å²) in [6.07, 6.45) is 3.43. The van der Waals surface area contributed by atoms with Crippen LogP contribution in [0.5, 0.6) is 0 Å². The van der Waals surface area contributed by atoms with Crippen molar-refractivity contribution in [2.45, 2.75) is 18.3 Å². The number of thiazole rings is 1. The molecule has 6 nitrogen and oxygen atoms in total. The van der Waals surface area contributed by atoms with Gasteiger partial charge in [-0.3, -0.25) is 4.79 Å². The van der Waals surface area contributed by atoms with E-state index in [1.54, 1.807) is 17.8 Å². The predicted molar refractivity (Wildman–Crippen MR) is 100 cm³/mol. The second-order valence-electron chi connectivity index (χ2n) is 5.10. The summed E-state index contributed by atoms with van der Waals surface area (Å²) in [5.74, 6) is 0.0637. The van der Waals surface area contributed by atoms with E-state index in [0.717, 1.165) is 5.56 Å². The number of aromatic nitrogens is 3. The van der Waals surface area contributed by atoms with Gasteiger partial charge >= 0.3 is 0 Å². The predicted octanol–water partition coefficient (Wildman–Crippen LogP) is 3.26. The molecule has 0 fully saturated rings. The summed E-state index contributed by atoms with van der Waals surface area (Å²) >= 11 is 8.60. The molecule has 0 saturated carbocycles. The minimum absolute atomic E-state index is 0.146. The minimum Gasteiger partial charge on any atom is -0.390 e. The smallest absolute Gasteiger partial charge is 0.236 e. The van der Waals surface area contributed by atoms with E-state index in [4.69, 9.17) is 11.6 Å². The fourth-order valence-electron chi connectivity index (χ4n) is 2.11. The number of benzene rings is 1. The number of amides is 1. The molecule has 3 rings (SSSR count). The van der Waals surface area contributed by atoms with Crippen LogP contribution in [-0.4, -0.2) is 31.3 Å². The molecule has 3 aromatic rings. The molecule has 0 atom stereocenters. The highest BCUT2D eigenvalue weighted by atomic mass is 35.5. The Morgan fingerprint density at radius 3 is 2.84 bits per heavy atom. The Labute approximate surface area is 157 Å². The maximum atomic E-state index is 12.0. The summed E-state index contributed by atoms with van der Waals surface area (Å²) in [6.45, 7) is 0.438. The van der Waals surface area contributed by atoms with E-state index < -0.39 is 0 Å². The van der Waals surface area contributed by atoms with Crippen molar-refractivity contribution < 1.29 is 9.90 Å². The Balaban J connectivity index is 1.66. The number of hydrogen-bond acceptors (Lipinski definition) is 6. The number of hydrogen-bond donors (Lipinski definition) is 2. The molecular weight excluding hydrogens is 380 g/mol. The highest BCUT2D eigenvalue weighted by molar-refractivity contribution is 7.99. The van der Waals surface area contributed by atoms with Gasteiger partial charge in [-0.2, -0.15) is 0 Å².